The van der Waals surface area contributed by atoms with Crippen molar-refractivity contribution < 1.29 is 13.9 Å². The van der Waals surface area contributed by atoms with Gasteiger partial charge in [-0.3, -0.25) is 0 Å². The van der Waals surface area contributed by atoms with Crippen LogP contribution in [-0.2, 0) is 6.54 Å². The van der Waals surface area contributed by atoms with E-state index in [4.69, 9.17) is 9.47 Å². The van der Waals surface area contributed by atoms with Crippen molar-refractivity contribution in [3.63, 3.8) is 0 Å². The minimum Gasteiger partial charge on any atom is -0.490 e. The molecule has 112 valence electrons. The molecule has 0 aliphatic rings. The largest absolute Gasteiger partial charge is 0.490 e. The second-order valence-electron chi connectivity index (χ2n) is 4.50. The third-order valence-electron chi connectivity index (χ3n) is 2.96. The molecule has 0 spiro atoms. The second-order valence-corrected chi connectivity index (χ2v) is 4.50. The molecule has 0 bridgehead atoms. The van der Waals surface area contributed by atoms with Crippen LogP contribution in [0.1, 0.15) is 12.5 Å². The van der Waals surface area contributed by atoms with Crippen LogP contribution in [0.4, 0.5) is 4.39 Å². The number of halogens is 1. The Hall–Kier alpha value is -2.07. The molecule has 0 aliphatic heterocycles. The van der Waals surface area contributed by atoms with E-state index in [0.717, 1.165) is 11.5 Å². The second kappa shape index (κ2) is 8.27. The summed E-state index contributed by atoms with van der Waals surface area (Å²) < 4.78 is 24.6. The number of hydrogen-bond acceptors (Lipinski definition) is 3. The topological polar surface area (TPSA) is 30.5 Å². The fraction of sp³-hybridized carbons (Fsp3) is 0.294. The minimum absolute atomic E-state index is 0.187. The van der Waals surface area contributed by atoms with Gasteiger partial charge < -0.3 is 14.8 Å². The van der Waals surface area contributed by atoms with Gasteiger partial charge in [0.05, 0.1) is 6.61 Å². The predicted octanol–water partition coefficient (Wildman–Crippen LogP) is 3.39. The van der Waals surface area contributed by atoms with E-state index in [0.29, 0.717) is 31.9 Å². The molecule has 0 amide bonds. The number of rotatable bonds is 8. The molecule has 0 fully saturated rings. The van der Waals surface area contributed by atoms with Crippen LogP contribution in [-0.4, -0.2) is 19.8 Å². The average molecular weight is 289 g/mol. The first-order chi connectivity index (χ1) is 10.3. The molecule has 1 N–H and O–H groups in total. The van der Waals surface area contributed by atoms with Crippen LogP contribution in [0.25, 0.3) is 0 Å². The summed E-state index contributed by atoms with van der Waals surface area (Å²) in [5, 5.41) is 3.16. The van der Waals surface area contributed by atoms with Gasteiger partial charge in [-0.25, -0.2) is 4.39 Å². The molecule has 21 heavy (non-hydrogen) atoms. The van der Waals surface area contributed by atoms with Crippen LogP contribution >= 0.6 is 0 Å². The van der Waals surface area contributed by atoms with Gasteiger partial charge in [0.25, 0.3) is 0 Å². The van der Waals surface area contributed by atoms with Gasteiger partial charge in [-0.05, 0) is 25.1 Å². The van der Waals surface area contributed by atoms with Crippen molar-refractivity contribution in [1.29, 1.82) is 0 Å². The number of ether oxygens (including phenoxy) is 2. The van der Waals surface area contributed by atoms with Gasteiger partial charge in [0.1, 0.15) is 12.4 Å². The first-order valence-electron chi connectivity index (χ1n) is 7.10. The summed E-state index contributed by atoms with van der Waals surface area (Å²) in [6.07, 6.45) is 0. The van der Waals surface area contributed by atoms with Crippen LogP contribution in [0.15, 0.2) is 48.5 Å². The van der Waals surface area contributed by atoms with E-state index >= 15 is 0 Å². The van der Waals surface area contributed by atoms with E-state index in [9.17, 15) is 4.39 Å². The zero-order valence-electron chi connectivity index (χ0n) is 12.1. The Bertz CT molecular complexity index is 560. The van der Waals surface area contributed by atoms with Crippen molar-refractivity contribution in [3.05, 3.63) is 59.9 Å². The van der Waals surface area contributed by atoms with Crippen LogP contribution in [0.2, 0.25) is 0 Å². The van der Waals surface area contributed by atoms with Crippen LogP contribution < -0.4 is 14.8 Å². The fourth-order valence-corrected chi connectivity index (χ4v) is 1.94. The molecule has 0 radical (unpaired) electrons. The maximum Gasteiger partial charge on any atom is 0.161 e. The van der Waals surface area contributed by atoms with Crippen LogP contribution in [0.3, 0.4) is 0 Å². The predicted molar refractivity (Wildman–Crippen MR) is 81.2 cm³/mol. The van der Waals surface area contributed by atoms with E-state index in [2.05, 4.69) is 5.32 Å². The molecular formula is C17H20FNO2. The van der Waals surface area contributed by atoms with E-state index < -0.39 is 0 Å². The molecular weight excluding hydrogens is 269 g/mol. The van der Waals surface area contributed by atoms with E-state index in [1.54, 1.807) is 12.1 Å². The Kier molecular flexibility index (Phi) is 6.03. The van der Waals surface area contributed by atoms with Crippen molar-refractivity contribution >= 4 is 0 Å². The summed E-state index contributed by atoms with van der Waals surface area (Å²) >= 11 is 0. The molecule has 0 saturated carbocycles. The Morgan fingerprint density at radius 1 is 0.952 bits per heavy atom. The van der Waals surface area contributed by atoms with Gasteiger partial charge in [0.15, 0.2) is 11.5 Å². The summed E-state index contributed by atoms with van der Waals surface area (Å²) in [5.74, 6) is 1.29. The van der Waals surface area contributed by atoms with Gasteiger partial charge in [0.2, 0.25) is 0 Å². The lowest BCUT2D eigenvalue weighted by Crippen LogP contribution is -2.21. The highest BCUT2D eigenvalue weighted by Gasteiger charge is 2.03. The summed E-state index contributed by atoms with van der Waals surface area (Å²) in [5.41, 5.74) is 0.659. The molecule has 0 unspecified atom stereocenters. The smallest absolute Gasteiger partial charge is 0.161 e. The Labute approximate surface area is 124 Å². The molecule has 2 aromatic rings. The number of hydrogen-bond donors (Lipinski definition) is 1. The summed E-state index contributed by atoms with van der Waals surface area (Å²) in [7, 11) is 0. The average Bonchev–Trinajstić information content (AvgIpc) is 2.50. The molecule has 2 rings (SSSR count). The summed E-state index contributed by atoms with van der Waals surface area (Å²) in [6, 6.07) is 14.3. The Morgan fingerprint density at radius 2 is 1.62 bits per heavy atom. The third kappa shape index (κ3) is 4.76. The molecule has 0 aromatic heterocycles. The lowest BCUT2D eigenvalue weighted by atomic mass is 10.2. The monoisotopic (exact) mass is 289 g/mol. The molecule has 3 nitrogen and oxygen atoms in total. The zero-order valence-corrected chi connectivity index (χ0v) is 12.1. The number of benzene rings is 2. The minimum atomic E-state index is -0.187. The maximum atomic E-state index is 13.4. The summed E-state index contributed by atoms with van der Waals surface area (Å²) in [4.78, 5) is 0. The highest BCUT2D eigenvalue weighted by molar-refractivity contribution is 5.39. The number of nitrogens with one attached hydrogen (secondary N) is 1. The van der Waals surface area contributed by atoms with Gasteiger partial charge in [-0.2, -0.15) is 0 Å². The van der Waals surface area contributed by atoms with Crippen molar-refractivity contribution in [2.24, 2.45) is 0 Å². The lowest BCUT2D eigenvalue weighted by Gasteiger charge is -2.12. The molecule has 0 atom stereocenters. The lowest BCUT2D eigenvalue weighted by molar-refractivity contribution is 0.275. The van der Waals surface area contributed by atoms with Gasteiger partial charge >= 0.3 is 0 Å². The third-order valence-corrected chi connectivity index (χ3v) is 2.96. The molecule has 4 heteroatoms. The number of para-hydroxylation sites is 2. The first kappa shape index (κ1) is 15.3. The van der Waals surface area contributed by atoms with Crippen LogP contribution in [0, 0.1) is 5.82 Å². The maximum absolute atomic E-state index is 13.4. The quantitative estimate of drug-likeness (QED) is 0.756. The van der Waals surface area contributed by atoms with Gasteiger partial charge in [-0.15, -0.1) is 0 Å². The van der Waals surface area contributed by atoms with Crippen molar-refractivity contribution in [2.45, 2.75) is 13.5 Å². The molecule has 0 saturated heterocycles. The zero-order chi connectivity index (χ0) is 14.9. The SMILES string of the molecule is CCOc1ccccc1OCCNCc1ccccc1F. The Balaban J connectivity index is 1.74. The standard InChI is InChI=1S/C17H20FNO2/c1-2-20-16-9-5-6-10-17(16)21-12-11-19-13-14-7-3-4-8-15(14)18/h3-10,19H,2,11-13H2,1H3. The van der Waals surface area contributed by atoms with E-state index in [-0.39, 0.29) is 5.82 Å². The van der Waals surface area contributed by atoms with Gasteiger partial charge in [-0.1, -0.05) is 30.3 Å². The van der Waals surface area contributed by atoms with Crippen molar-refractivity contribution in [2.75, 3.05) is 19.8 Å². The molecule has 0 heterocycles. The summed E-state index contributed by atoms with van der Waals surface area (Å²) in [6.45, 7) is 4.16. The highest BCUT2D eigenvalue weighted by Crippen LogP contribution is 2.25. The molecule has 2 aromatic carbocycles. The van der Waals surface area contributed by atoms with E-state index in [1.165, 1.54) is 6.07 Å². The fourth-order valence-electron chi connectivity index (χ4n) is 1.94. The molecule has 0 aliphatic carbocycles. The first-order valence-corrected chi connectivity index (χ1v) is 7.10. The van der Waals surface area contributed by atoms with E-state index in [1.807, 2.05) is 37.3 Å². The normalized spacial score (nSPS) is 10.4. The Morgan fingerprint density at radius 3 is 2.33 bits per heavy atom. The van der Waals surface area contributed by atoms with Crippen molar-refractivity contribution in [1.82, 2.24) is 5.32 Å². The highest BCUT2D eigenvalue weighted by atomic mass is 19.1. The van der Waals surface area contributed by atoms with Crippen molar-refractivity contribution in [3.8, 4) is 11.5 Å². The van der Waals surface area contributed by atoms with Crippen LogP contribution in [0.5, 0.6) is 11.5 Å². The van der Waals surface area contributed by atoms with Gasteiger partial charge in [0, 0.05) is 18.7 Å².